The van der Waals surface area contributed by atoms with Crippen LogP contribution in [0.15, 0.2) is 30.3 Å². The Bertz CT molecular complexity index is 668. The molecule has 0 aromatic heterocycles. The van der Waals surface area contributed by atoms with Gasteiger partial charge in [-0.2, -0.15) is 0 Å². The van der Waals surface area contributed by atoms with Crippen LogP contribution < -0.4 is 16.0 Å². The Morgan fingerprint density at radius 1 is 1.00 bits per heavy atom. The minimum absolute atomic E-state index is 0.0837. The van der Waals surface area contributed by atoms with Crippen molar-refractivity contribution in [1.29, 1.82) is 0 Å². The molecule has 0 unspecified atom stereocenters. The van der Waals surface area contributed by atoms with Crippen molar-refractivity contribution in [3.05, 3.63) is 35.9 Å². The lowest BCUT2D eigenvalue weighted by Crippen LogP contribution is -2.54. The summed E-state index contributed by atoms with van der Waals surface area (Å²) >= 11 is 0. The fourth-order valence-corrected chi connectivity index (χ4v) is 2.77. The number of rotatable bonds is 14. The SMILES string of the molecule is CC[C@H](NC(=O)[C@H](CC(C)C)NC(=O)OCc1ccccc1)C(=O)NCCOCCO. The number of alkyl carbamates (subject to hydrolysis) is 1. The number of hydrogen-bond donors (Lipinski definition) is 4. The summed E-state index contributed by atoms with van der Waals surface area (Å²) in [6.45, 7) is 6.41. The molecule has 0 aliphatic rings. The van der Waals surface area contributed by atoms with Crippen LogP contribution in [0.2, 0.25) is 0 Å². The Morgan fingerprint density at radius 3 is 2.32 bits per heavy atom. The van der Waals surface area contributed by atoms with E-state index in [0.29, 0.717) is 12.8 Å². The number of aliphatic hydroxyl groups excluding tert-OH is 1. The van der Waals surface area contributed by atoms with Gasteiger partial charge in [0.1, 0.15) is 18.7 Å². The van der Waals surface area contributed by atoms with Gasteiger partial charge in [-0.05, 0) is 24.3 Å². The van der Waals surface area contributed by atoms with Crippen LogP contribution in [0, 0.1) is 5.92 Å². The van der Waals surface area contributed by atoms with E-state index < -0.39 is 24.1 Å². The van der Waals surface area contributed by atoms with E-state index in [1.54, 1.807) is 6.92 Å². The Morgan fingerprint density at radius 2 is 1.71 bits per heavy atom. The van der Waals surface area contributed by atoms with Gasteiger partial charge in [-0.3, -0.25) is 9.59 Å². The first-order chi connectivity index (χ1) is 14.9. The first-order valence-electron chi connectivity index (χ1n) is 10.6. The highest BCUT2D eigenvalue weighted by molar-refractivity contribution is 5.91. The second-order valence-electron chi connectivity index (χ2n) is 7.48. The summed E-state index contributed by atoms with van der Waals surface area (Å²) in [6, 6.07) is 7.69. The van der Waals surface area contributed by atoms with Gasteiger partial charge in [0.05, 0.1) is 19.8 Å². The molecule has 3 amide bonds. The minimum atomic E-state index is -0.821. The van der Waals surface area contributed by atoms with Crippen molar-refractivity contribution in [3.63, 3.8) is 0 Å². The molecule has 0 radical (unpaired) electrons. The molecule has 31 heavy (non-hydrogen) atoms. The maximum absolute atomic E-state index is 12.8. The number of ether oxygens (including phenoxy) is 2. The van der Waals surface area contributed by atoms with Crippen molar-refractivity contribution in [2.45, 2.75) is 52.3 Å². The Kier molecular flexibility index (Phi) is 12.9. The molecule has 1 aromatic carbocycles. The second kappa shape index (κ2) is 15.2. The third-order valence-corrected chi connectivity index (χ3v) is 4.35. The van der Waals surface area contributed by atoms with Crippen LogP contribution in [0.3, 0.4) is 0 Å². The molecule has 1 rings (SSSR count). The number of aliphatic hydroxyl groups is 1. The molecule has 1 aromatic rings. The summed E-state index contributed by atoms with van der Waals surface area (Å²) in [5.41, 5.74) is 0.841. The van der Waals surface area contributed by atoms with Crippen LogP contribution in [0.5, 0.6) is 0 Å². The Balaban J connectivity index is 2.58. The molecule has 9 nitrogen and oxygen atoms in total. The highest BCUT2D eigenvalue weighted by atomic mass is 16.5. The smallest absolute Gasteiger partial charge is 0.408 e. The molecular formula is C22H35N3O6. The van der Waals surface area contributed by atoms with Gasteiger partial charge in [0.2, 0.25) is 11.8 Å². The predicted octanol–water partition coefficient (Wildman–Crippen LogP) is 1.35. The molecule has 0 aliphatic heterocycles. The largest absolute Gasteiger partial charge is 0.445 e. The summed E-state index contributed by atoms with van der Waals surface area (Å²) in [7, 11) is 0. The number of carbonyl (C=O) groups is 3. The fourth-order valence-electron chi connectivity index (χ4n) is 2.77. The van der Waals surface area contributed by atoms with Gasteiger partial charge in [-0.25, -0.2) is 4.79 Å². The number of hydrogen-bond acceptors (Lipinski definition) is 6. The lowest BCUT2D eigenvalue weighted by molar-refractivity contribution is -0.130. The second-order valence-corrected chi connectivity index (χ2v) is 7.48. The molecule has 2 atom stereocenters. The number of nitrogens with one attached hydrogen (secondary N) is 3. The van der Waals surface area contributed by atoms with Crippen molar-refractivity contribution in [3.8, 4) is 0 Å². The lowest BCUT2D eigenvalue weighted by atomic mass is 10.0. The maximum atomic E-state index is 12.8. The zero-order valence-electron chi connectivity index (χ0n) is 18.6. The number of amides is 3. The zero-order valence-corrected chi connectivity index (χ0v) is 18.6. The predicted molar refractivity (Wildman–Crippen MR) is 116 cm³/mol. The standard InChI is InChI=1S/C22H35N3O6/c1-4-18(20(27)23-10-12-30-13-11-26)24-21(28)19(14-16(2)3)25-22(29)31-15-17-8-6-5-7-9-17/h5-9,16,18-19,26H,4,10-15H2,1-3H3,(H,23,27)(H,24,28)(H,25,29)/t18-,19-/m0/s1. The van der Waals surface area contributed by atoms with E-state index in [0.717, 1.165) is 5.56 Å². The van der Waals surface area contributed by atoms with E-state index in [2.05, 4.69) is 16.0 Å². The number of carbonyl (C=O) groups excluding carboxylic acids is 3. The first kappa shape index (κ1) is 26.4. The molecule has 0 bridgehead atoms. The van der Waals surface area contributed by atoms with Crippen molar-refractivity contribution in [2.24, 2.45) is 5.92 Å². The normalized spacial score (nSPS) is 12.7. The van der Waals surface area contributed by atoms with Gasteiger partial charge >= 0.3 is 6.09 Å². The van der Waals surface area contributed by atoms with E-state index in [1.165, 1.54) is 0 Å². The third kappa shape index (κ3) is 11.4. The molecule has 0 saturated heterocycles. The van der Waals surface area contributed by atoms with Gasteiger partial charge in [0.15, 0.2) is 0 Å². The van der Waals surface area contributed by atoms with Crippen molar-refractivity contribution < 1.29 is 29.0 Å². The molecule has 0 spiro atoms. The molecule has 0 saturated carbocycles. The van der Waals surface area contributed by atoms with E-state index >= 15 is 0 Å². The van der Waals surface area contributed by atoms with E-state index in [-0.39, 0.29) is 44.8 Å². The van der Waals surface area contributed by atoms with Crippen LogP contribution in [-0.4, -0.2) is 61.5 Å². The quantitative estimate of drug-likeness (QED) is 0.326. The summed E-state index contributed by atoms with van der Waals surface area (Å²) in [4.78, 5) is 37.3. The topological polar surface area (TPSA) is 126 Å². The highest BCUT2D eigenvalue weighted by Gasteiger charge is 2.26. The average molecular weight is 438 g/mol. The van der Waals surface area contributed by atoms with Crippen LogP contribution in [-0.2, 0) is 25.7 Å². The maximum Gasteiger partial charge on any atom is 0.408 e. The van der Waals surface area contributed by atoms with Crippen molar-refractivity contribution in [1.82, 2.24) is 16.0 Å². The van der Waals surface area contributed by atoms with Crippen LogP contribution in [0.25, 0.3) is 0 Å². The van der Waals surface area contributed by atoms with E-state index in [1.807, 2.05) is 44.2 Å². The average Bonchev–Trinajstić information content (AvgIpc) is 2.75. The highest BCUT2D eigenvalue weighted by Crippen LogP contribution is 2.07. The van der Waals surface area contributed by atoms with Gasteiger partial charge < -0.3 is 30.5 Å². The molecule has 0 fully saturated rings. The third-order valence-electron chi connectivity index (χ3n) is 4.35. The minimum Gasteiger partial charge on any atom is -0.445 e. The molecule has 174 valence electrons. The van der Waals surface area contributed by atoms with Crippen molar-refractivity contribution in [2.75, 3.05) is 26.4 Å². The van der Waals surface area contributed by atoms with Crippen LogP contribution >= 0.6 is 0 Å². The van der Waals surface area contributed by atoms with Gasteiger partial charge in [0.25, 0.3) is 0 Å². The molecule has 4 N–H and O–H groups in total. The molecule has 0 aliphatic carbocycles. The van der Waals surface area contributed by atoms with Crippen LogP contribution in [0.4, 0.5) is 4.79 Å². The Labute approximate surface area is 183 Å². The molecule has 0 heterocycles. The number of benzene rings is 1. The summed E-state index contributed by atoms with van der Waals surface area (Å²) in [6.07, 6.45) is 0.101. The van der Waals surface area contributed by atoms with Crippen LogP contribution in [0.1, 0.15) is 39.2 Å². The van der Waals surface area contributed by atoms with Gasteiger partial charge in [-0.1, -0.05) is 51.1 Å². The van der Waals surface area contributed by atoms with Gasteiger partial charge in [0, 0.05) is 6.54 Å². The molecule has 9 heteroatoms. The summed E-state index contributed by atoms with van der Waals surface area (Å²) in [5.74, 6) is -0.634. The summed E-state index contributed by atoms with van der Waals surface area (Å²) in [5, 5.41) is 16.7. The zero-order chi connectivity index (χ0) is 23.1. The first-order valence-corrected chi connectivity index (χ1v) is 10.6. The Hall–Kier alpha value is -2.65. The van der Waals surface area contributed by atoms with E-state index in [9.17, 15) is 14.4 Å². The molecular weight excluding hydrogens is 402 g/mol. The van der Waals surface area contributed by atoms with Crippen molar-refractivity contribution >= 4 is 17.9 Å². The fraction of sp³-hybridized carbons (Fsp3) is 0.591. The monoisotopic (exact) mass is 437 g/mol. The summed E-state index contributed by atoms with van der Waals surface area (Å²) < 4.78 is 10.3. The lowest BCUT2D eigenvalue weighted by Gasteiger charge is -2.23. The van der Waals surface area contributed by atoms with Gasteiger partial charge in [-0.15, -0.1) is 0 Å². The van der Waals surface area contributed by atoms with E-state index in [4.69, 9.17) is 14.6 Å².